The van der Waals surface area contributed by atoms with Crippen molar-refractivity contribution in [1.29, 1.82) is 0 Å². The van der Waals surface area contributed by atoms with Crippen LogP contribution in [0.1, 0.15) is 61.0 Å². The summed E-state index contributed by atoms with van der Waals surface area (Å²) in [6.07, 6.45) is 0.790. The monoisotopic (exact) mass is 535 g/mol. The van der Waals surface area contributed by atoms with Crippen molar-refractivity contribution in [2.45, 2.75) is 38.6 Å². The van der Waals surface area contributed by atoms with Crippen molar-refractivity contribution in [1.82, 2.24) is 25.2 Å². The number of carbonyl (C=O) groups is 3. The van der Waals surface area contributed by atoms with Crippen LogP contribution in [0.25, 0.3) is 5.65 Å². The summed E-state index contributed by atoms with van der Waals surface area (Å²) < 4.78 is 30.6. The molecular formula is C27H23F2N5O5. The number of Topliss-reactive ketones (excluding diaryl/α,β-unsaturated/α-hetero) is 1. The molecule has 2 aromatic carbocycles. The van der Waals surface area contributed by atoms with Crippen molar-refractivity contribution in [3.63, 3.8) is 0 Å². The van der Waals surface area contributed by atoms with Crippen LogP contribution in [0.3, 0.4) is 0 Å². The van der Waals surface area contributed by atoms with Gasteiger partial charge in [-0.3, -0.25) is 14.4 Å². The third-order valence-corrected chi connectivity index (χ3v) is 6.39. The van der Waals surface area contributed by atoms with Crippen molar-refractivity contribution >= 4 is 23.2 Å². The zero-order chi connectivity index (χ0) is 27.7. The number of ether oxygens (including phenoxy) is 1. The summed E-state index contributed by atoms with van der Waals surface area (Å²) in [4.78, 5) is 42.2. The Morgan fingerprint density at radius 2 is 1.95 bits per heavy atom. The Bertz CT molecular complexity index is 1590. The fraction of sp³-hybridized carbons (Fsp3) is 0.222. The lowest BCUT2D eigenvalue weighted by atomic mass is 10.0. The van der Waals surface area contributed by atoms with Gasteiger partial charge in [-0.25, -0.2) is 9.50 Å². The van der Waals surface area contributed by atoms with E-state index in [1.807, 2.05) is 0 Å². The number of hydrogen-bond donors (Lipinski definition) is 3. The molecule has 12 heteroatoms. The largest absolute Gasteiger partial charge is 0.435 e. The van der Waals surface area contributed by atoms with Crippen LogP contribution < -0.4 is 15.4 Å². The van der Waals surface area contributed by atoms with E-state index in [1.165, 1.54) is 48.0 Å². The highest BCUT2D eigenvalue weighted by molar-refractivity contribution is 5.98. The molecule has 0 bridgehead atoms. The molecule has 39 heavy (non-hydrogen) atoms. The van der Waals surface area contributed by atoms with Crippen molar-refractivity contribution in [2.75, 3.05) is 0 Å². The Kier molecular flexibility index (Phi) is 7.03. The average molecular weight is 536 g/mol. The molecule has 0 spiro atoms. The second-order valence-electron chi connectivity index (χ2n) is 9.03. The standard InChI is InChI=1S/C27H23F2N5O5/c1-14(35)16-5-6-19-17(10-16)11-22(36)24(19)33-26(38)21-12-20(32-23-7-8-31-34(21)23)25(37)30-13-15-3-2-4-18(9-15)39-27(28)29/h2-10,12,22,24,27,36H,11,13H2,1H3,(H,30,37)(H,33,38)/t22-,24+/m0/s1. The van der Waals surface area contributed by atoms with Crippen molar-refractivity contribution in [3.8, 4) is 5.75 Å². The van der Waals surface area contributed by atoms with Gasteiger partial charge in [0.25, 0.3) is 11.8 Å². The zero-order valence-electron chi connectivity index (χ0n) is 20.6. The van der Waals surface area contributed by atoms with Gasteiger partial charge in [0.1, 0.15) is 17.1 Å². The number of aromatic nitrogens is 3. The average Bonchev–Trinajstić information content (AvgIpc) is 3.50. The Morgan fingerprint density at radius 1 is 1.13 bits per heavy atom. The molecule has 2 aromatic heterocycles. The molecular weight excluding hydrogens is 512 g/mol. The number of aliphatic hydroxyl groups excluding tert-OH is 1. The fourth-order valence-electron chi connectivity index (χ4n) is 4.54. The maximum absolute atomic E-state index is 13.4. The molecule has 0 aliphatic heterocycles. The van der Waals surface area contributed by atoms with Crippen LogP contribution in [0.4, 0.5) is 8.78 Å². The smallest absolute Gasteiger partial charge is 0.387 e. The lowest BCUT2D eigenvalue weighted by molar-refractivity contribution is -0.0499. The molecule has 0 saturated heterocycles. The van der Waals surface area contributed by atoms with Crippen LogP contribution in [0.2, 0.25) is 0 Å². The van der Waals surface area contributed by atoms with E-state index in [0.717, 1.165) is 5.56 Å². The summed E-state index contributed by atoms with van der Waals surface area (Å²) in [6.45, 7) is -1.51. The van der Waals surface area contributed by atoms with E-state index in [4.69, 9.17) is 0 Å². The first-order valence-electron chi connectivity index (χ1n) is 12.0. The second-order valence-corrected chi connectivity index (χ2v) is 9.03. The highest BCUT2D eigenvalue weighted by atomic mass is 19.3. The quantitative estimate of drug-likeness (QED) is 0.295. The number of carbonyl (C=O) groups excluding carboxylic acids is 3. The number of benzene rings is 2. The van der Waals surface area contributed by atoms with Crippen LogP contribution in [-0.2, 0) is 13.0 Å². The van der Waals surface area contributed by atoms with Crippen LogP contribution >= 0.6 is 0 Å². The van der Waals surface area contributed by atoms with E-state index in [0.29, 0.717) is 16.7 Å². The molecule has 4 aromatic rings. The van der Waals surface area contributed by atoms with Crippen LogP contribution in [0.5, 0.6) is 5.75 Å². The number of nitrogens with one attached hydrogen (secondary N) is 2. The third-order valence-electron chi connectivity index (χ3n) is 6.39. The minimum Gasteiger partial charge on any atom is -0.435 e. The molecule has 1 aliphatic carbocycles. The van der Waals surface area contributed by atoms with E-state index in [-0.39, 0.29) is 41.5 Å². The number of nitrogens with zero attached hydrogens (tertiary/aromatic N) is 3. The van der Waals surface area contributed by atoms with Crippen molar-refractivity contribution < 1.29 is 33.0 Å². The molecule has 2 atom stereocenters. The highest BCUT2D eigenvalue weighted by Gasteiger charge is 2.33. The fourth-order valence-corrected chi connectivity index (χ4v) is 4.54. The number of fused-ring (bicyclic) bond motifs is 2. The first kappa shape index (κ1) is 25.9. The lowest BCUT2D eigenvalue weighted by Crippen LogP contribution is -2.35. The number of aliphatic hydroxyl groups is 1. The number of halogens is 2. The number of alkyl halides is 2. The van der Waals surface area contributed by atoms with Crippen LogP contribution in [0.15, 0.2) is 60.8 Å². The maximum atomic E-state index is 13.4. The third kappa shape index (κ3) is 5.46. The minimum absolute atomic E-state index is 0.000223. The van der Waals surface area contributed by atoms with E-state index in [1.54, 1.807) is 24.3 Å². The maximum Gasteiger partial charge on any atom is 0.387 e. The molecule has 5 rings (SSSR count). The van der Waals surface area contributed by atoms with E-state index >= 15 is 0 Å². The predicted molar refractivity (Wildman–Crippen MR) is 134 cm³/mol. The Labute approximate surface area is 220 Å². The van der Waals surface area contributed by atoms with Gasteiger partial charge in [-0.05, 0) is 41.8 Å². The van der Waals surface area contributed by atoms with Gasteiger partial charge >= 0.3 is 6.61 Å². The first-order chi connectivity index (χ1) is 18.7. The molecule has 0 radical (unpaired) electrons. The molecule has 3 N–H and O–H groups in total. The molecule has 0 saturated carbocycles. The Morgan fingerprint density at radius 3 is 2.72 bits per heavy atom. The minimum atomic E-state index is -2.97. The number of ketones is 1. The topological polar surface area (TPSA) is 135 Å². The molecule has 2 heterocycles. The molecule has 2 amide bonds. The number of hydrogen-bond acceptors (Lipinski definition) is 7. The predicted octanol–water partition coefficient (Wildman–Crippen LogP) is 2.85. The second kappa shape index (κ2) is 10.6. The Balaban J connectivity index is 1.35. The van der Waals surface area contributed by atoms with Gasteiger partial charge in [-0.1, -0.05) is 24.3 Å². The Hall–Kier alpha value is -4.71. The number of rotatable bonds is 8. The first-order valence-corrected chi connectivity index (χ1v) is 12.0. The molecule has 10 nitrogen and oxygen atoms in total. The summed E-state index contributed by atoms with van der Waals surface area (Å²) in [5, 5.41) is 20.2. The summed E-state index contributed by atoms with van der Waals surface area (Å²) in [5.41, 5.74) is 2.70. The highest BCUT2D eigenvalue weighted by Crippen LogP contribution is 2.32. The van der Waals surface area contributed by atoms with E-state index in [2.05, 4.69) is 25.5 Å². The van der Waals surface area contributed by atoms with E-state index in [9.17, 15) is 28.3 Å². The normalized spacial score (nSPS) is 16.2. The summed E-state index contributed by atoms with van der Waals surface area (Å²) in [7, 11) is 0. The summed E-state index contributed by atoms with van der Waals surface area (Å²) in [6, 6.07) is 13.1. The molecule has 200 valence electrons. The van der Waals surface area contributed by atoms with Gasteiger partial charge in [0.2, 0.25) is 0 Å². The summed E-state index contributed by atoms with van der Waals surface area (Å²) >= 11 is 0. The van der Waals surface area contributed by atoms with Gasteiger partial charge in [-0.15, -0.1) is 0 Å². The van der Waals surface area contributed by atoms with Crippen LogP contribution in [0, 0.1) is 0 Å². The lowest BCUT2D eigenvalue weighted by Gasteiger charge is -2.18. The van der Waals surface area contributed by atoms with Crippen LogP contribution in [-0.4, -0.2) is 50.0 Å². The van der Waals surface area contributed by atoms with Crippen molar-refractivity contribution in [2.24, 2.45) is 0 Å². The van der Waals surface area contributed by atoms with Gasteiger partial charge in [-0.2, -0.15) is 13.9 Å². The SMILES string of the molecule is CC(=O)c1ccc2c(c1)C[C@H](O)[C@@H]2NC(=O)c1cc(C(=O)NCc2cccc(OC(F)F)c2)nc2ccnn12. The molecule has 1 aliphatic rings. The van der Waals surface area contributed by atoms with Gasteiger partial charge in [0.05, 0.1) is 18.3 Å². The molecule has 0 fully saturated rings. The van der Waals surface area contributed by atoms with Gasteiger partial charge < -0.3 is 20.5 Å². The van der Waals surface area contributed by atoms with Gasteiger partial charge in [0, 0.05) is 30.7 Å². The van der Waals surface area contributed by atoms with Crippen molar-refractivity contribution in [3.05, 3.63) is 94.4 Å². The molecule has 0 unspecified atom stereocenters. The van der Waals surface area contributed by atoms with E-state index < -0.39 is 30.6 Å². The summed E-state index contributed by atoms with van der Waals surface area (Å²) in [5.74, 6) is -1.33. The zero-order valence-corrected chi connectivity index (χ0v) is 20.6. The van der Waals surface area contributed by atoms with Gasteiger partial charge in [0.15, 0.2) is 11.4 Å². The number of amides is 2.